The van der Waals surface area contributed by atoms with Gasteiger partial charge in [0, 0.05) is 12.2 Å². The molecule has 0 unspecified atom stereocenters. The molecule has 2 N–H and O–H groups in total. The SMILES string of the molecule is CCCNC(=O)Nc1cccc([SH](=O)=O)c1. The molecule has 1 aromatic carbocycles. The van der Waals surface area contributed by atoms with Gasteiger partial charge in [-0.2, -0.15) is 0 Å². The Hall–Kier alpha value is -1.56. The van der Waals surface area contributed by atoms with Gasteiger partial charge in [-0.3, -0.25) is 0 Å². The topological polar surface area (TPSA) is 75.3 Å². The smallest absolute Gasteiger partial charge is 0.319 e. The minimum Gasteiger partial charge on any atom is -0.338 e. The third-order valence-corrected chi connectivity index (χ3v) is 2.55. The first-order chi connectivity index (χ1) is 7.63. The Balaban J connectivity index is 2.67. The van der Waals surface area contributed by atoms with Gasteiger partial charge in [0.25, 0.3) is 0 Å². The van der Waals surface area contributed by atoms with Crippen molar-refractivity contribution in [1.29, 1.82) is 0 Å². The van der Waals surface area contributed by atoms with Crippen LogP contribution in [0, 0.1) is 0 Å². The van der Waals surface area contributed by atoms with Crippen molar-refractivity contribution in [2.45, 2.75) is 18.2 Å². The molecule has 0 aliphatic heterocycles. The van der Waals surface area contributed by atoms with E-state index in [2.05, 4.69) is 10.6 Å². The van der Waals surface area contributed by atoms with Crippen LogP contribution in [0.5, 0.6) is 0 Å². The maximum atomic E-state index is 11.3. The van der Waals surface area contributed by atoms with Crippen LogP contribution in [-0.4, -0.2) is 21.0 Å². The first-order valence-electron chi connectivity index (χ1n) is 4.92. The number of nitrogens with one attached hydrogen (secondary N) is 2. The molecule has 0 bridgehead atoms. The van der Waals surface area contributed by atoms with Gasteiger partial charge in [0.05, 0.1) is 4.90 Å². The summed E-state index contributed by atoms with van der Waals surface area (Å²) in [4.78, 5) is 11.5. The number of carbonyl (C=O) groups is 1. The van der Waals surface area contributed by atoms with Gasteiger partial charge >= 0.3 is 6.03 Å². The minimum atomic E-state index is -2.62. The summed E-state index contributed by atoms with van der Waals surface area (Å²) in [6, 6.07) is 5.77. The van der Waals surface area contributed by atoms with Crippen molar-refractivity contribution in [2.75, 3.05) is 11.9 Å². The standard InChI is InChI=1S/C10H14N2O3S/c1-2-6-11-10(13)12-8-4-3-5-9(7-8)16(14)15/h3-5,7,16H,2,6H2,1H3,(H2,11,12,13). The number of hydrogen-bond acceptors (Lipinski definition) is 3. The molecule has 2 amide bonds. The Morgan fingerprint density at radius 2 is 2.12 bits per heavy atom. The van der Waals surface area contributed by atoms with Crippen LogP contribution in [0.2, 0.25) is 0 Å². The molecule has 0 spiro atoms. The third kappa shape index (κ3) is 3.90. The first kappa shape index (κ1) is 12.5. The molecule has 0 saturated carbocycles. The van der Waals surface area contributed by atoms with Crippen LogP contribution in [0.15, 0.2) is 29.2 Å². The lowest BCUT2D eigenvalue weighted by molar-refractivity contribution is 0.252. The fourth-order valence-electron chi connectivity index (χ4n) is 1.11. The summed E-state index contributed by atoms with van der Waals surface area (Å²) in [6.07, 6.45) is 0.847. The lowest BCUT2D eigenvalue weighted by Crippen LogP contribution is -2.29. The number of carbonyl (C=O) groups excluding carboxylic acids is 1. The van der Waals surface area contributed by atoms with Crippen LogP contribution < -0.4 is 10.6 Å². The normalized spacial score (nSPS) is 10.1. The largest absolute Gasteiger partial charge is 0.338 e. The van der Waals surface area contributed by atoms with Crippen molar-refractivity contribution in [3.8, 4) is 0 Å². The molecule has 0 heterocycles. The summed E-state index contributed by atoms with van der Waals surface area (Å²) < 4.78 is 21.4. The molecule has 6 heteroatoms. The highest BCUT2D eigenvalue weighted by Gasteiger charge is 2.01. The lowest BCUT2D eigenvalue weighted by Gasteiger charge is -2.06. The summed E-state index contributed by atoms with van der Waals surface area (Å²) in [5, 5.41) is 5.18. The van der Waals surface area contributed by atoms with E-state index in [9.17, 15) is 13.2 Å². The third-order valence-electron chi connectivity index (χ3n) is 1.85. The van der Waals surface area contributed by atoms with Crippen LogP contribution in [0.25, 0.3) is 0 Å². The second-order valence-electron chi connectivity index (χ2n) is 3.19. The summed E-state index contributed by atoms with van der Waals surface area (Å²) in [5.41, 5.74) is 0.463. The number of rotatable bonds is 4. The first-order valence-corrected chi connectivity index (χ1v) is 6.10. The van der Waals surface area contributed by atoms with Gasteiger partial charge < -0.3 is 10.6 Å². The Morgan fingerprint density at radius 1 is 1.38 bits per heavy atom. The molecule has 1 aromatic rings. The number of thiol groups is 1. The quantitative estimate of drug-likeness (QED) is 0.694. The molecule has 0 fully saturated rings. The molecule has 0 aliphatic rings. The molecule has 16 heavy (non-hydrogen) atoms. The van der Waals surface area contributed by atoms with Crippen molar-refractivity contribution in [3.05, 3.63) is 24.3 Å². The zero-order valence-electron chi connectivity index (χ0n) is 8.90. The zero-order valence-corrected chi connectivity index (χ0v) is 9.79. The maximum Gasteiger partial charge on any atom is 0.319 e. The van der Waals surface area contributed by atoms with E-state index >= 15 is 0 Å². The molecule has 0 aliphatic carbocycles. The van der Waals surface area contributed by atoms with E-state index in [0.29, 0.717) is 12.2 Å². The molecule has 88 valence electrons. The summed E-state index contributed by atoms with van der Waals surface area (Å²) in [6.45, 7) is 2.53. The van der Waals surface area contributed by atoms with E-state index in [-0.39, 0.29) is 10.9 Å². The molecule has 0 radical (unpaired) electrons. The van der Waals surface area contributed by atoms with Gasteiger partial charge in [-0.1, -0.05) is 13.0 Å². The monoisotopic (exact) mass is 242 g/mol. The van der Waals surface area contributed by atoms with E-state index in [1.165, 1.54) is 12.1 Å². The van der Waals surface area contributed by atoms with Crippen LogP contribution in [0.1, 0.15) is 13.3 Å². The fraction of sp³-hybridized carbons (Fsp3) is 0.300. The predicted octanol–water partition coefficient (Wildman–Crippen LogP) is 1.19. The van der Waals surface area contributed by atoms with Gasteiger partial charge in [0.15, 0.2) is 10.7 Å². The molecular formula is C10H14N2O3S. The highest BCUT2D eigenvalue weighted by Crippen LogP contribution is 2.11. The number of amides is 2. The number of anilines is 1. The van der Waals surface area contributed by atoms with Gasteiger partial charge in [-0.05, 0) is 24.6 Å². The van der Waals surface area contributed by atoms with Gasteiger partial charge in [0.2, 0.25) is 0 Å². The number of benzene rings is 1. The Kier molecular flexibility index (Phi) is 4.78. The average Bonchev–Trinajstić information content (AvgIpc) is 2.26. The van der Waals surface area contributed by atoms with Gasteiger partial charge in [-0.25, -0.2) is 13.2 Å². The van der Waals surface area contributed by atoms with Crippen molar-refractivity contribution in [1.82, 2.24) is 5.32 Å². The van der Waals surface area contributed by atoms with E-state index in [4.69, 9.17) is 0 Å². The molecule has 0 atom stereocenters. The van der Waals surface area contributed by atoms with E-state index < -0.39 is 10.7 Å². The summed E-state index contributed by atoms with van der Waals surface area (Å²) >= 11 is 0. The maximum absolute atomic E-state index is 11.3. The highest BCUT2D eigenvalue weighted by molar-refractivity contribution is 7.72. The average molecular weight is 242 g/mol. The van der Waals surface area contributed by atoms with E-state index in [1.807, 2.05) is 6.92 Å². The van der Waals surface area contributed by atoms with Crippen molar-refractivity contribution >= 4 is 22.4 Å². The van der Waals surface area contributed by atoms with Crippen molar-refractivity contribution in [3.63, 3.8) is 0 Å². The lowest BCUT2D eigenvalue weighted by atomic mass is 10.3. The Bertz CT molecular complexity index is 435. The molecule has 1 rings (SSSR count). The predicted molar refractivity (Wildman–Crippen MR) is 62.3 cm³/mol. The van der Waals surface area contributed by atoms with Gasteiger partial charge in [0.1, 0.15) is 0 Å². The van der Waals surface area contributed by atoms with E-state index in [1.54, 1.807) is 12.1 Å². The molecule has 0 saturated heterocycles. The van der Waals surface area contributed by atoms with Crippen LogP contribution >= 0.6 is 0 Å². The second-order valence-corrected chi connectivity index (χ2v) is 4.22. The number of hydrogen-bond donors (Lipinski definition) is 3. The molecule has 5 nitrogen and oxygen atoms in total. The van der Waals surface area contributed by atoms with Crippen molar-refractivity contribution < 1.29 is 13.2 Å². The second kappa shape index (κ2) is 6.12. The molecular weight excluding hydrogens is 228 g/mol. The van der Waals surface area contributed by atoms with Gasteiger partial charge in [-0.15, -0.1) is 0 Å². The highest BCUT2D eigenvalue weighted by atomic mass is 32.2. The minimum absolute atomic E-state index is 0.184. The van der Waals surface area contributed by atoms with Crippen LogP contribution in [0.4, 0.5) is 10.5 Å². The summed E-state index contributed by atoms with van der Waals surface area (Å²) in [5.74, 6) is 0. The fourth-order valence-corrected chi connectivity index (χ4v) is 1.56. The summed E-state index contributed by atoms with van der Waals surface area (Å²) in [7, 11) is -2.62. The van der Waals surface area contributed by atoms with Crippen molar-refractivity contribution in [2.24, 2.45) is 0 Å². The Labute approximate surface area is 95.8 Å². The Morgan fingerprint density at radius 3 is 2.75 bits per heavy atom. The van der Waals surface area contributed by atoms with Crippen LogP contribution in [0.3, 0.4) is 0 Å². The van der Waals surface area contributed by atoms with E-state index in [0.717, 1.165) is 6.42 Å². The van der Waals surface area contributed by atoms with Crippen LogP contribution in [-0.2, 0) is 10.7 Å². The molecule has 0 aromatic heterocycles. The zero-order chi connectivity index (χ0) is 12.0. The number of urea groups is 1.